The number of hydrogen-bond donors (Lipinski definition) is 0. The number of ether oxygens (including phenoxy) is 1. The number of benzene rings is 2. The molecule has 2 aromatic carbocycles. The number of anilines is 1. The van der Waals surface area contributed by atoms with Crippen LogP contribution in [0.25, 0.3) is 0 Å². The van der Waals surface area contributed by atoms with Gasteiger partial charge in [0, 0.05) is 0 Å². The average molecular weight is 339 g/mol. The van der Waals surface area contributed by atoms with E-state index >= 15 is 0 Å². The first-order valence-electron chi connectivity index (χ1n) is 5.05. The van der Waals surface area contributed by atoms with Crippen molar-refractivity contribution in [2.75, 3.05) is 3.11 Å². The van der Waals surface area contributed by atoms with Crippen molar-refractivity contribution in [3.8, 4) is 5.75 Å². The normalized spacial score (nSPS) is 9.71. The Morgan fingerprint density at radius 2 is 1.47 bits per heavy atom. The minimum absolute atomic E-state index is 0.414. The van der Waals surface area contributed by atoms with Gasteiger partial charge < -0.3 is 4.74 Å². The Morgan fingerprint density at radius 1 is 0.941 bits per heavy atom. The van der Waals surface area contributed by atoms with Crippen LogP contribution in [0.4, 0.5) is 10.5 Å². The molecule has 2 rings (SSSR count). The summed E-state index contributed by atoms with van der Waals surface area (Å²) in [4.78, 5) is 11.8. The van der Waals surface area contributed by atoms with E-state index < -0.39 is 6.09 Å². The highest BCUT2D eigenvalue weighted by Gasteiger charge is 2.14. The van der Waals surface area contributed by atoms with Crippen molar-refractivity contribution in [3.63, 3.8) is 0 Å². The second-order valence-corrected chi connectivity index (χ2v) is 4.26. The second kappa shape index (κ2) is 5.67. The fourth-order valence-corrected chi connectivity index (χ4v) is 1.71. The van der Waals surface area contributed by atoms with Gasteiger partial charge in [-0.2, -0.15) is 0 Å². The molecular formula is C13H10INO2. The van der Waals surface area contributed by atoms with Gasteiger partial charge in [0.2, 0.25) is 0 Å². The lowest BCUT2D eigenvalue weighted by molar-refractivity contribution is 0.213. The second-order valence-electron chi connectivity index (χ2n) is 3.30. The maximum Gasteiger partial charge on any atom is 0.428 e. The number of para-hydroxylation sites is 2. The summed E-state index contributed by atoms with van der Waals surface area (Å²) in [6.07, 6.45) is -0.414. The lowest BCUT2D eigenvalue weighted by atomic mass is 10.3. The van der Waals surface area contributed by atoms with Crippen molar-refractivity contribution in [2.24, 2.45) is 0 Å². The predicted octanol–water partition coefficient (Wildman–Crippen LogP) is 4.04. The Bertz CT molecular complexity index is 487. The van der Waals surface area contributed by atoms with Gasteiger partial charge in [0.05, 0.1) is 28.6 Å². The highest BCUT2D eigenvalue weighted by molar-refractivity contribution is 14.1. The van der Waals surface area contributed by atoms with Crippen LogP contribution in [0.5, 0.6) is 5.75 Å². The Labute approximate surface area is 114 Å². The summed E-state index contributed by atoms with van der Waals surface area (Å²) in [5.74, 6) is 0.537. The summed E-state index contributed by atoms with van der Waals surface area (Å²) >= 11 is 1.92. The smallest absolute Gasteiger partial charge is 0.409 e. The Kier molecular flexibility index (Phi) is 3.98. The molecule has 3 nitrogen and oxygen atoms in total. The molecule has 86 valence electrons. The zero-order chi connectivity index (χ0) is 12.1. The Morgan fingerprint density at radius 3 is 2.06 bits per heavy atom. The summed E-state index contributed by atoms with van der Waals surface area (Å²) in [5, 5.41) is 0. The van der Waals surface area contributed by atoms with Crippen LogP contribution in [-0.4, -0.2) is 6.09 Å². The van der Waals surface area contributed by atoms with E-state index in [-0.39, 0.29) is 0 Å². The van der Waals surface area contributed by atoms with E-state index in [1.54, 1.807) is 12.1 Å². The van der Waals surface area contributed by atoms with Crippen molar-refractivity contribution in [1.29, 1.82) is 0 Å². The van der Waals surface area contributed by atoms with Gasteiger partial charge in [0.15, 0.2) is 0 Å². The molecule has 17 heavy (non-hydrogen) atoms. The maximum absolute atomic E-state index is 11.8. The molecule has 0 bridgehead atoms. The fraction of sp³-hybridized carbons (Fsp3) is 0. The van der Waals surface area contributed by atoms with E-state index in [0.717, 1.165) is 5.69 Å². The third-order valence-electron chi connectivity index (χ3n) is 2.09. The molecule has 0 saturated carbocycles. The first kappa shape index (κ1) is 11.9. The molecule has 0 aromatic heterocycles. The van der Waals surface area contributed by atoms with E-state index in [0.29, 0.717) is 5.75 Å². The van der Waals surface area contributed by atoms with Gasteiger partial charge in [-0.1, -0.05) is 36.4 Å². The van der Waals surface area contributed by atoms with Gasteiger partial charge in [0.1, 0.15) is 5.75 Å². The fourth-order valence-electron chi connectivity index (χ4n) is 1.29. The lowest BCUT2D eigenvalue weighted by Gasteiger charge is -2.14. The Hall–Kier alpha value is -1.56. The van der Waals surface area contributed by atoms with Crippen molar-refractivity contribution < 1.29 is 9.53 Å². The molecule has 0 aliphatic heterocycles. The molecule has 0 saturated heterocycles. The van der Waals surface area contributed by atoms with Gasteiger partial charge in [-0.3, -0.25) is 0 Å². The summed E-state index contributed by atoms with van der Waals surface area (Å²) in [7, 11) is 0. The number of rotatable bonds is 2. The Balaban J connectivity index is 2.06. The molecular weight excluding hydrogens is 329 g/mol. The van der Waals surface area contributed by atoms with Gasteiger partial charge in [-0.05, 0) is 24.3 Å². The van der Waals surface area contributed by atoms with E-state index in [1.807, 2.05) is 71.4 Å². The molecule has 0 spiro atoms. The molecule has 0 aliphatic rings. The third-order valence-corrected chi connectivity index (χ3v) is 3.04. The lowest BCUT2D eigenvalue weighted by Crippen LogP contribution is -2.23. The maximum atomic E-state index is 11.8. The minimum Gasteiger partial charge on any atom is -0.409 e. The number of carbonyl (C=O) groups is 1. The molecule has 4 heteroatoms. The molecule has 0 heterocycles. The molecule has 0 fully saturated rings. The quantitative estimate of drug-likeness (QED) is 0.610. The van der Waals surface area contributed by atoms with E-state index in [9.17, 15) is 4.79 Å². The van der Waals surface area contributed by atoms with Crippen LogP contribution < -0.4 is 7.85 Å². The van der Waals surface area contributed by atoms with Crippen molar-refractivity contribution in [3.05, 3.63) is 60.7 Å². The topological polar surface area (TPSA) is 29.5 Å². The largest absolute Gasteiger partial charge is 0.428 e. The molecule has 2 aromatic rings. The highest BCUT2D eigenvalue weighted by atomic mass is 127. The number of amides is 1. The van der Waals surface area contributed by atoms with Gasteiger partial charge >= 0.3 is 6.09 Å². The zero-order valence-electron chi connectivity index (χ0n) is 8.92. The van der Waals surface area contributed by atoms with Crippen molar-refractivity contribution in [2.45, 2.75) is 0 Å². The standard InChI is InChI=1S/C13H10INO2/c14-15(11-7-3-1-4-8-11)13(16)17-12-9-5-2-6-10-12/h1-10H. The van der Waals surface area contributed by atoms with Gasteiger partial charge in [-0.25, -0.2) is 7.91 Å². The third kappa shape index (κ3) is 3.20. The van der Waals surface area contributed by atoms with E-state index in [4.69, 9.17) is 4.74 Å². The van der Waals surface area contributed by atoms with Crippen LogP contribution in [0, 0.1) is 0 Å². The van der Waals surface area contributed by atoms with Crippen molar-refractivity contribution >= 4 is 34.6 Å². The number of nitrogens with zero attached hydrogens (tertiary/aromatic N) is 1. The average Bonchev–Trinajstić information content (AvgIpc) is 2.40. The molecule has 0 radical (unpaired) electrons. The first-order valence-corrected chi connectivity index (χ1v) is 6.01. The highest BCUT2D eigenvalue weighted by Crippen LogP contribution is 2.20. The molecule has 0 aliphatic carbocycles. The first-order chi connectivity index (χ1) is 8.27. The van der Waals surface area contributed by atoms with Crippen molar-refractivity contribution in [1.82, 2.24) is 0 Å². The monoisotopic (exact) mass is 339 g/mol. The van der Waals surface area contributed by atoms with Gasteiger partial charge in [0.25, 0.3) is 0 Å². The minimum atomic E-state index is -0.414. The summed E-state index contributed by atoms with van der Waals surface area (Å²) in [5.41, 5.74) is 0.786. The molecule has 0 N–H and O–H groups in total. The van der Waals surface area contributed by atoms with Crippen LogP contribution in [-0.2, 0) is 0 Å². The van der Waals surface area contributed by atoms with Crippen LogP contribution in [0.3, 0.4) is 0 Å². The number of halogens is 1. The summed E-state index contributed by atoms with van der Waals surface area (Å²) in [6, 6.07) is 18.3. The molecule has 0 unspecified atom stereocenters. The van der Waals surface area contributed by atoms with Crippen LogP contribution in [0.15, 0.2) is 60.7 Å². The van der Waals surface area contributed by atoms with Crippen LogP contribution >= 0.6 is 22.9 Å². The van der Waals surface area contributed by atoms with Crippen LogP contribution in [0.1, 0.15) is 0 Å². The predicted molar refractivity (Wildman–Crippen MR) is 75.4 cm³/mol. The zero-order valence-corrected chi connectivity index (χ0v) is 11.1. The molecule has 0 atom stereocenters. The van der Waals surface area contributed by atoms with Gasteiger partial charge in [-0.15, -0.1) is 0 Å². The van der Waals surface area contributed by atoms with Crippen LogP contribution in [0.2, 0.25) is 0 Å². The SMILES string of the molecule is O=C(Oc1ccccc1)N(I)c1ccccc1. The summed E-state index contributed by atoms with van der Waals surface area (Å²) < 4.78 is 6.65. The number of hydrogen-bond acceptors (Lipinski definition) is 2. The molecule has 1 amide bonds. The number of carbonyl (C=O) groups excluding carboxylic acids is 1. The van der Waals surface area contributed by atoms with E-state index in [1.165, 1.54) is 3.11 Å². The summed E-state index contributed by atoms with van der Waals surface area (Å²) in [6.45, 7) is 0. The van der Waals surface area contributed by atoms with E-state index in [2.05, 4.69) is 0 Å².